The summed E-state index contributed by atoms with van der Waals surface area (Å²) in [5, 5.41) is 68.5. The molecule has 0 radical (unpaired) electrons. The number of hydrogen-bond acceptors (Lipinski definition) is 8. The first-order chi connectivity index (χ1) is 22.1. The first-order valence-corrected chi connectivity index (χ1v) is 18.8. The first-order valence-electron chi connectivity index (χ1n) is 18.8. The fourth-order valence-electron chi connectivity index (χ4n) is 7.18. The maximum atomic E-state index is 10.2. The number of allylic oxidation sites excluding steroid dienone is 1. The summed E-state index contributed by atoms with van der Waals surface area (Å²) < 4.78 is 5.97. The van der Waals surface area contributed by atoms with E-state index in [0.29, 0.717) is 37.5 Å². The van der Waals surface area contributed by atoms with Gasteiger partial charge in [0.25, 0.3) is 0 Å². The molecule has 286 valence electrons. The van der Waals surface area contributed by atoms with E-state index < -0.39 is 34.1 Å². The largest absolute Gasteiger partial charge is 0.390 e. The molecule has 10 unspecified atom stereocenters. The molecule has 8 nitrogen and oxygen atoms in total. The molecule has 2 fully saturated rings. The van der Waals surface area contributed by atoms with Crippen LogP contribution < -0.4 is 0 Å². The standard InChI is InChI=1S/C11H20O2.3C10H18O2/c1-8(2)11(13)6-5-10(4,12)9(3)7-11;1-7(2)10-5-4-9(3,12-10)8(11)6-10;1-8(2)10(12)6-4-9(3,11)5-7-10;1-7(2)8-4-5-10(3,12)9(11)6-8/h5-6,8-9,12-13H,7H2,1-4H3;7-8,11H,4-6H2,1-3H3;4,6,8,11-12H,5,7H2,1-3H3;6-7,9,11-12H,4-5H2,1-3H3. The van der Waals surface area contributed by atoms with Crippen molar-refractivity contribution >= 4 is 0 Å². The highest BCUT2D eigenvalue weighted by molar-refractivity contribution is 5.17. The second-order valence-corrected chi connectivity index (χ2v) is 18.2. The van der Waals surface area contributed by atoms with Gasteiger partial charge in [-0.1, -0.05) is 98.3 Å². The molecule has 3 aliphatic carbocycles. The molecule has 49 heavy (non-hydrogen) atoms. The summed E-state index contributed by atoms with van der Waals surface area (Å²) in [6, 6.07) is 0. The fourth-order valence-corrected chi connectivity index (χ4v) is 7.18. The van der Waals surface area contributed by atoms with Gasteiger partial charge < -0.3 is 40.5 Å². The van der Waals surface area contributed by atoms with Gasteiger partial charge in [-0.25, -0.2) is 0 Å². The van der Waals surface area contributed by atoms with E-state index in [2.05, 4.69) is 27.7 Å². The zero-order chi connectivity index (χ0) is 38.0. The Balaban J connectivity index is 0.000000227. The minimum absolute atomic E-state index is 0.00579. The average Bonchev–Trinajstić information content (AvgIpc) is 3.47. The van der Waals surface area contributed by atoms with Crippen LogP contribution in [0, 0.1) is 29.6 Å². The Bertz CT molecular complexity index is 1170. The highest BCUT2D eigenvalue weighted by Crippen LogP contribution is 2.53. The molecule has 8 heteroatoms. The molecule has 7 N–H and O–H groups in total. The molecule has 2 saturated heterocycles. The van der Waals surface area contributed by atoms with Gasteiger partial charge in [-0.15, -0.1) is 0 Å². The summed E-state index contributed by atoms with van der Waals surface area (Å²) in [6.45, 7) is 25.8. The lowest BCUT2D eigenvalue weighted by molar-refractivity contribution is -0.0801. The monoisotopic (exact) mass is 695 g/mol. The second kappa shape index (κ2) is 15.9. The molecule has 2 heterocycles. The Kier molecular flexibility index (Phi) is 14.3. The van der Waals surface area contributed by atoms with Gasteiger partial charge in [0.05, 0.1) is 45.3 Å². The van der Waals surface area contributed by atoms with Gasteiger partial charge in [0.2, 0.25) is 0 Å². The molecule has 5 aliphatic rings. The molecule has 0 aromatic heterocycles. The molecule has 0 aromatic carbocycles. The van der Waals surface area contributed by atoms with E-state index in [1.165, 1.54) is 5.57 Å². The Hall–Kier alpha value is -1.10. The molecule has 0 saturated carbocycles. The van der Waals surface area contributed by atoms with Crippen LogP contribution >= 0.6 is 0 Å². The highest BCUT2D eigenvalue weighted by atomic mass is 16.6. The Labute approximate surface area is 298 Å². The predicted molar refractivity (Wildman–Crippen MR) is 198 cm³/mol. The van der Waals surface area contributed by atoms with E-state index in [4.69, 9.17) is 4.74 Å². The summed E-state index contributed by atoms with van der Waals surface area (Å²) in [5.74, 6) is 1.52. The SMILES string of the molecule is CC(C)C1(O)C=CC(C)(O)CC1.CC(C)C12CCC(C)(O1)C(O)C2.CC(C)C1=CC(O)C(C)(O)CC1.CC1CC(O)(C(C)C)C=CC1(C)O. The van der Waals surface area contributed by atoms with Crippen LogP contribution in [-0.2, 0) is 4.74 Å². The number of hydrogen-bond donors (Lipinski definition) is 7. The van der Waals surface area contributed by atoms with Gasteiger partial charge in [0.1, 0.15) is 6.10 Å². The number of aliphatic hydroxyl groups is 7. The minimum Gasteiger partial charge on any atom is -0.390 e. The number of fused-ring (bicyclic) bond motifs is 2. The topological polar surface area (TPSA) is 151 Å². The third kappa shape index (κ3) is 11.0. The van der Waals surface area contributed by atoms with Gasteiger partial charge in [0.15, 0.2) is 0 Å². The van der Waals surface area contributed by atoms with E-state index in [9.17, 15) is 35.7 Å². The van der Waals surface area contributed by atoms with Crippen molar-refractivity contribution in [2.24, 2.45) is 29.6 Å². The normalized spacial score (nSPS) is 44.2. The molecular formula is C41H74O8. The van der Waals surface area contributed by atoms with Gasteiger partial charge in [-0.2, -0.15) is 0 Å². The lowest BCUT2D eigenvalue weighted by atomic mass is 9.71. The van der Waals surface area contributed by atoms with Crippen LogP contribution in [0.2, 0.25) is 0 Å². The van der Waals surface area contributed by atoms with Crippen LogP contribution in [0.15, 0.2) is 36.0 Å². The van der Waals surface area contributed by atoms with Gasteiger partial charge in [0, 0.05) is 6.42 Å². The highest BCUT2D eigenvalue weighted by Gasteiger charge is 2.59. The van der Waals surface area contributed by atoms with Crippen molar-refractivity contribution in [1.29, 1.82) is 0 Å². The number of aliphatic hydroxyl groups excluding tert-OH is 2. The smallest absolute Gasteiger partial charge is 0.101 e. The van der Waals surface area contributed by atoms with Crippen molar-refractivity contribution in [3.8, 4) is 0 Å². The molecule has 0 amide bonds. The summed E-state index contributed by atoms with van der Waals surface area (Å²) in [7, 11) is 0. The van der Waals surface area contributed by atoms with Crippen LogP contribution in [-0.4, -0.2) is 87.2 Å². The van der Waals surface area contributed by atoms with Crippen LogP contribution in [0.4, 0.5) is 0 Å². The minimum atomic E-state index is -0.918. The lowest BCUT2D eigenvalue weighted by Gasteiger charge is -2.41. The maximum Gasteiger partial charge on any atom is 0.101 e. The van der Waals surface area contributed by atoms with Crippen molar-refractivity contribution < 1.29 is 40.5 Å². The summed E-state index contributed by atoms with van der Waals surface area (Å²) >= 11 is 0. The summed E-state index contributed by atoms with van der Waals surface area (Å²) in [5.41, 5.74) is -2.82. The molecule has 5 rings (SSSR count). The number of rotatable bonds is 4. The van der Waals surface area contributed by atoms with E-state index in [0.717, 1.165) is 25.7 Å². The summed E-state index contributed by atoms with van der Waals surface area (Å²) in [6.07, 6.45) is 14.2. The van der Waals surface area contributed by atoms with E-state index >= 15 is 0 Å². The van der Waals surface area contributed by atoms with Crippen molar-refractivity contribution in [2.75, 3.05) is 0 Å². The zero-order valence-corrected chi connectivity index (χ0v) is 33.1. The Morgan fingerprint density at radius 1 is 0.653 bits per heavy atom. The maximum absolute atomic E-state index is 10.2. The molecule has 10 atom stereocenters. The first kappa shape index (κ1) is 44.1. The molecule has 0 aromatic rings. The molecule has 0 spiro atoms. The average molecular weight is 695 g/mol. The lowest BCUT2D eigenvalue weighted by Crippen LogP contribution is -2.45. The van der Waals surface area contributed by atoms with Gasteiger partial charge in [-0.3, -0.25) is 0 Å². The number of ether oxygens (including phenoxy) is 1. The Morgan fingerprint density at radius 3 is 1.55 bits per heavy atom. The van der Waals surface area contributed by atoms with Crippen molar-refractivity contribution in [2.45, 2.75) is 193 Å². The predicted octanol–water partition coefficient (Wildman–Crippen LogP) is 6.38. The van der Waals surface area contributed by atoms with Crippen molar-refractivity contribution in [3.05, 3.63) is 36.0 Å². The summed E-state index contributed by atoms with van der Waals surface area (Å²) in [4.78, 5) is 0. The van der Waals surface area contributed by atoms with E-state index in [1.54, 1.807) is 51.2 Å². The van der Waals surface area contributed by atoms with E-state index in [-0.39, 0.29) is 35.1 Å². The molecule has 2 bridgehead atoms. The Morgan fingerprint density at radius 2 is 1.20 bits per heavy atom. The van der Waals surface area contributed by atoms with Crippen LogP contribution in [0.1, 0.15) is 141 Å². The van der Waals surface area contributed by atoms with Gasteiger partial charge in [-0.05, 0) is 102 Å². The zero-order valence-electron chi connectivity index (χ0n) is 33.1. The third-order valence-corrected chi connectivity index (χ3v) is 12.5. The van der Waals surface area contributed by atoms with Crippen molar-refractivity contribution in [3.63, 3.8) is 0 Å². The molecule has 2 aliphatic heterocycles. The third-order valence-electron chi connectivity index (χ3n) is 12.5. The second-order valence-electron chi connectivity index (χ2n) is 18.2. The van der Waals surface area contributed by atoms with Crippen LogP contribution in [0.3, 0.4) is 0 Å². The van der Waals surface area contributed by atoms with Crippen LogP contribution in [0.5, 0.6) is 0 Å². The van der Waals surface area contributed by atoms with E-state index in [1.807, 2.05) is 41.5 Å². The van der Waals surface area contributed by atoms with Gasteiger partial charge >= 0.3 is 0 Å². The fraction of sp³-hybridized carbons (Fsp3) is 0.854. The van der Waals surface area contributed by atoms with Crippen LogP contribution in [0.25, 0.3) is 0 Å². The quantitative estimate of drug-likeness (QED) is 0.168. The molecular weight excluding hydrogens is 620 g/mol. The van der Waals surface area contributed by atoms with Crippen molar-refractivity contribution in [1.82, 2.24) is 0 Å².